The molecule has 5 heteroatoms. The number of carbonyl (C=O) groups is 1. The summed E-state index contributed by atoms with van der Waals surface area (Å²) in [5, 5.41) is 4.38. The van der Waals surface area contributed by atoms with Crippen LogP contribution in [0.4, 0.5) is 0 Å². The van der Waals surface area contributed by atoms with Gasteiger partial charge in [-0.1, -0.05) is 12.8 Å². The van der Waals surface area contributed by atoms with Crippen LogP contribution in [0.2, 0.25) is 0 Å². The van der Waals surface area contributed by atoms with Gasteiger partial charge in [0.25, 0.3) is 5.91 Å². The zero-order valence-electron chi connectivity index (χ0n) is 14.8. The van der Waals surface area contributed by atoms with Gasteiger partial charge in [0.05, 0.1) is 23.3 Å². The van der Waals surface area contributed by atoms with Gasteiger partial charge < -0.3 is 4.90 Å². The van der Waals surface area contributed by atoms with Crippen LogP contribution in [0.25, 0.3) is 0 Å². The molecule has 2 aromatic rings. The summed E-state index contributed by atoms with van der Waals surface area (Å²) in [7, 11) is 0. The number of amides is 1. The maximum Gasteiger partial charge on any atom is 0.257 e. The zero-order valence-corrected chi connectivity index (χ0v) is 14.8. The van der Waals surface area contributed by atoms with Crippen molar-refractivity contribution < 1.29 is 4.79 Å². The quantitative estimate of drug-likeness (QED) is 0.843. The molecular weight excluding hydrogens is 300 g/mol. The van der Waals surface area contributed by atoms with E-state index in [9.17, 15) is 4.79 Å². The van der Waals surface area contributed by atoms with E-state index in [-0.39, 0.29) is 17.5 Å². The number of carbonyl (C=O) groups excluding carboxylic acids is 1. The number of rotatable bonds is 2. The third-order valence-electron chi connectivity index (χ3n) is 4.62. The van der Waals surface area contributed by atoms with Crippen LogP contribution in [0.3, 0.4) is 0 Å². The zero-order chi connectivity index (χ0) is 17.2. The van der Waals surface area contributed by atoms with Gasteiger partial charge in [0.15, 0.2) is 0 Å². The highest BCUT2D eigenvalue weighted by molar-refractivity contribution is 5.94. The van der Waals surface area contributed by atoms with Gasteiger partial charge in [-0.25, -0.2) is 0 Å². The third-order valence-corrected chi connectivity index (χ3v) is 4.62. The van der Waals surface area contributed by atoms with Crippen molar-refractivity contribution in [3.05, 3.63) is 48.0 Å². The molecule has 1 amide bonds. The molecule has 0 N–H and O–H groups in total. The van der Waals surface area contributed by atoms with Crippen molar-refractivity contribution in [3.63, 3.8) is 0 Å². The molecule has 1 atom stereocenters. The Balaban J connectivity index is 1.89. The Morgan fingerprint density at radius 3 is 2.58 bits per heavy atom. The van der Waals surface area contributed by atoms with E-state index in [1.807, 2.05) is 27.9 Å². The second kappa shape index (κ2) is 6.75. The van der Waals surface area contributed by atoms with Crippen LogP contribution < -0.4 is 0 Å². The highest BCUT2D eigenvalue weighted by Gasteiger charge is 2.28. The fourth-order valence-corrected chi connectivity index (χ4v) is 3.25. The van der Waals surface area contributed by atoms with E-state index in [0.717, 1.165) is 25.8 Å². The van der Waals surface area contributed by atoms with E-state index in [1.54, 1.807) is 18.6 Å². The molecule has 0 aromatic carbocycles. The molecule has 0 bridgehead atoms. The molecule has 1 aliphatic heterocycles. The van der Waals surface area contributed by atoms with Gasteiger partial charge in [-0.2, -0.15) is 5.10 Å². The van der Waals surface area contributed by atoms with Crippen molar-refractivity contribution in [1.29, 1.82) is 0 Å². The highest BCUT2D eigenvalue weighted by Crippen LogP contribution is 2.31. The number of nitrogens with zero attached hydrogens (tertiary/aromatic N) is 4. The smallest absolute Gasteiger partial charge is 0.257 e. The maximum atomic E-state index is 13.1. The van der Waals surface area contributed by atoms with Gasteiger partial charge in [-0.3, -0.25) is 14.5 Å². The first-order valence-corrected chi connectivity index (χ1v) is 8.73. The minimum atomic E-state index is -0.123. The Bertz CT molecular complexity index is 687. The van der Waals surface area contributed by atoms with Gasteiger partial charge in [0.1, 0.15) is 0 Å². The average Bonchev–Trinajstić information content (AvgIpc) is 2.94. The van der Waals surface area contributed by atoms with Crippen LogP contribution in [-0.2, 0) is 5.54 Å². The van der Waals surface area contributed by atoms with Crippen molar-refractivity contribution in [1.82, 2.24) is 19.7 Å². The molecule has 0 aliphatic carbocycles. The third kappa shape index (κ3) is 3.50. The summed E-state index contributed by atoms with van der Waals surface area (Å²) >= 11 is 0. The normalized spacial score (nSPS) is 19.1. The summed E-state index contributed by atoms with van der Waals surface area (Å²) in [4.78, 5) is 19.3. The van der Waals surface area contributed by atoms with E-state index in [0.29, 0.717) is 5.56 Å². The van der Waals surface area contributed by atoms with E-state index < -0.39 is 0 Å². The molecule has 24 heavy (non-hydrogen) atoms. The summed E-state index contributed by atoms with van der Waals surface area (Å²) in [5.41, 5.74) is 1.72. The van der Waals surface area contributed by atoms with Gasteiger partial charge in [-0.05, 0) is 51.3 Å². The fourth-order valence-electron chi connectivity index (χ4n) is 3.25. The van der Waals surface area contributed by atoms with Crippen molar-refractivity contribution in [2.45, 2.75) is 58.0 Å². The second-order valence-corrected chi connectivity index (χ2v) is 7.49. The standard InChI is InChI=1S/C19H26N4O/c1-19(2,3)23-14-16(13-21-23)18(24)22-12-6-4-5-7-17(22)15-8-10-20-11-9-15/h8-11,13-14,17H,4-7,12H2,1-3H3. The Kier molecular flexibility index (Phi) is 4.69. The Hall–Kier alpha value is -2.17. The molecule has 0 saturated carbocycles. The number of likely N-dealkylation sites (tertiary alicyclic amines) is 1. The minimum absolute atomic E-state index is 0.0780. The van der Waals surface area contributed by atoms with Crippen LogP contribution in [0.15, 0.2) is 36.9 Å². The molecule has 0 radical (unpaired) electrons. The van der Waals surface area contributed by atoms with E-state index in [4.69, 9.17) is 0 Å². The number of hydrogen-bond donors (Lipinski definition) is 0. The topological polar surface area (TPSA) is 51.0 Å². The molecule has 1 saturated heterocycles. The van der Waals surface area contributed by atoms with Crippen LogP contribution >= 0.6 is 0 Å². The molecule has 128 valence electrons. The van der Waals surface area contributed by atoms with E-state index in [1.165, 1.54) is 12.0 Å². The monoisotopic (exact) mass is 326 g/mol. The van der Waals surface area contributed by atoms with Gasteiger partial charge >= 0.3 is 0 Å². The van der Waals surface area contributed by atoms with Crippen LogP contribution in [0.5, 0.6) is 0 Å². The van der Waals surface area contributed by atoms with Gasteiger partial charge in [-0.15, -0.1) is 0 Å². The van der Waals surface area contributed by atoms with E-state index >= 15 is 0 Å². The summed E-state index contributed by atoms with van der Waals surface area (Å²) in [6.07, 6.45) is 11.6. The summed E-state index contributed by atoms with van der Waals surface area (Å²) in [6, 6.07) is 4.17. The lowest BCUT2D eigenvalue weighted by Gasteiger charge is -2.30. The lowest BCUT2D eigenvalue weighted by Crippen LogP contribution is -2.34. The van der Waals surface area contributed by atoms with Crippen molar-refractivity contribution in [2.24, 2.45) is 0 Å². The number of aromatic nitrogens is 3. The molecule has 2 aromatic heterocycles. The highest BCUT2D eigenvalue weighted by atomic mass is 16.2. The SMILES string of the molecule is CC(C)(C)n1cc(C(=O)N2CCCCCC2c2ccncc2)cn1. The average molecular weight is 326 g/mol. The molecule has 0 spiro atoms. The van der Waals surface area contributed by atoms with Gasteiger partial charge in [0, 0.05) is 25.1 Å². The van der Waals surface area contributed by atoms with Crippen molar-refractivity contribution in [2.75, 3.05) is 6.54 Å². The molecule has 1 unspecified atom stereocenters. The lowest BCUT2D eigenvalue weighted by atomic mass is 10.0. The first kappa shape index (κ1) is 16.7. The lowest BCUT2D eigenvalue weighted by molar-refractivity contribution is 0.0680. The predicted octanol–water partition coefficient (Wildman–Crippen LogP) is 3.79. The maximum absolute atomic E-state index is 13.1. The molecule has 3 heterocycles. The number of hydrogen-bond acceptors (Lipinski definition) is 3. The van der Waals surface area contributed by atoms with Gasteiger partial charge in [0.2, 0.25) is 0 Å². The Morgan fingerprint density at radius 2 is 1.92 bits per heavy atom. The molecule has 1 aliphatic rings. The summed E-state index contributed by atoms with van der Waals surface area (Å²) < 4.78 is 1.86. The Labute approximate surface area is 143 Å². The predicted molar refractivity (Wildman–Crippen MR) is 93.7 cm³/mol. The van der Waals surface area contributed by atoms with Crippen LogP contribution in [0.1, 0.15) is 68.4 Å². The first-order valence-electron chi connectivity index (χ1n) is 8.73. The molecule has 3 rings (SSSR count). The minimum Gasteiger partial charge on any atom is -0.332 e. The van der Waals surface area contributed by atoms with Crippen molar-refractivity contribution >= 4 is 5.91 Å². The Morgan fingerprint density at radius 1 is 1.17 bits per heavy atom. The summed E-state index contributed by atoms with van der Waals surface area (Å²) in [6.45, 7) is 7.05. The fraction of sp³-hybridized carbons (Fsp3) is 0.526. The summed E-state index contributed by atoms with van der Waals surface area (Å²) in [5.74, 6) is 0.0780. The molecular formula is C19H26N4O. The van der Waals surface area contributed by atoms with Crippen LogP contribution in [-0.4, -0.2) is 32.1 Å². The van der Waals surface area contributed by atoms with Crippen molar-refractivity contribution in [3.8, 4) is 0 Å². The molecule has 5 nitrogen and oxygen atoms in total. The molecule has 1 fully saturated rings. The van der Waals surface area contributed by atoms with E-state index in [2.05, 4.69) is 30.9 Å². The number of pyridine rings is 1. The van der Waals surface area contributed by atoms with Crippen LogP contribution in [0, 0.1) is 0 Å². The first-order chi connectivity index (χ1) is 11.5. The second-order valence-electron chi connectivity index (χ2n) is 7.49. The largest absolute Gasteiger partial charge is 0.332 e.